The third-order valence-corrected chi connectivity index (χ3v) is 6.42. The van der Waals surface area contributed by atoms with Crippen LogP contribution >= 0.6 is 23.1 Å². The Morgan fingerprint density at radius 3 is 2.60 bits per heavy atom. The monoisotopic (exact) mass is 436 g/mol. The van der Waals surface area contributed by atoms with Gasteiger partial charge in [-0.2, -0.15) is 0 Å². The minimum absolute atomic E-state index is 0.0944. The molecule has 2 aromatic carbocycles. The average molecular weight is 437 g/mol. The highest BCUT2D eigenvalue weighted by atomic mass is 32.2. The van der Waals surface area contributed by atoms with E-state index in [1.165, 1.54) is 16.2 Å². The Morgan fingerprint density at radius 2 is 1.83 bits per heavy atom. The molecule has 4 aromatic rings. The number of carbonyl (C=O) groups excluding carboxylic acids is 2. The van der Waals surface area contributed by atoms with E-state index in [1.807, 2.05) is 64.5 Å². The number of nitrogens with zero attached hydrogens (tertiary/aromatic N) is 3. The molecule has 0 fully saturated rings. The maximum Gasteiger partial charge on any atom is 0.286 e. The van der Waals surface area contributed by atoms with E-state index >= 15 is 0 Å². The number of anilines is 1. The largest absolute Gasteiger partial charge is 0.339 e. The number of hydrogen-bond donors (Lipinski definition) is 1. The van der Waals surface area contributed by atoms with Gasteiger partial charge in [0, 0.05) is 41.8 Å². The normalized spacial score (nSPS) is 10.9. The molecule has 0 bridgehead atoms. The summed E-state index contributed by atoms with van der Waals surface area (Å²) < 4.78 is 1.96. The Hall–Kier alpha value is -3.10. The summed E-state index contributed by atoms with van der Waals surface area (Å²) in [6, 6.07) is 17.3. The first-order valence-electron chi connectivity index (χ1n) is 9.30. The Labute approximate surface area is 182 Å². The topological polar surface area (TPSA) is 66.7 Å². The first-order chi connectivity index (χ1) is 14.5. The quantitative estimate of drug-likeness (QED) is 0.446. The highest BCUT2D eigenvalue weighted by Gasteiger charge is 2.15. The molecule has 1 N–H and O–H groups in total. The van der Waals surface area contributed by atoms with Gasteiger partial charge in [-0.1, -0.05) is 42.5 Å². The Balaban J connectivity index is 1.51. The zero-order valence-corrected chi connectivity index (χ0v) is 18.2. The molecule has 6 nitrogen and oxygen atoms in total. The lowest BCUT2D eigenvalue weighted by molar-refractivity contribution is -0.115. The standard InChI is InChI=1S/C22H20N4O2S2/c1-25(2)22(28)30-19-11-7-6-10-17(19)23-20(27)12-16-14-29-21-24-18(13-26(16)21)15-8-4-3-5-9-15/h3-11,13-14H,12H2,1-2H3,(H,23,27). The third-order valence-electron chi connectivity index (χ3n) is 4.42. The Morgan fingerprint density at radius 1 is 1.10 bits per heavy atom. The molecule has 2 heterocycles. The highest BCUT2D eigenvalue weighted by molar-refractivity contribution is 8.13. The van der Waals surface area contributed by atoms with Crippen LogP contribution in [-0.4, -0.2) is 39.5 Å². The fourth-order valence-electron chi connectivity index (χ4n) is 2.91. The Bertz CT molecular complexity index is 1200. The van der Waals surface area contributed by atoms with Crippen LogP contribution in [0.25, 0.3) is 16.2 Å². The molecule has 0 atom stereocenters. The van der Waals surface area contributed by atoms with Gasteiger partial charge in [0.1, 0.15) is 0 Å². The number of thiazole rings is 1. The number of nitrogens with one attached hydrogen (secondary N) is 1. The van der Waals surface area contributed by atoms with Crippen LogP contribution in [0, 0.1) is 0 Å². The average Bonchev–Trinajstić information content (AvgIpc) is 3.32. The smallest absolute Gasteiger partial charge is 0.286 e. The maximum absolute atomic E-state index is 12.7. The van der Waals surface area contributed by atoms with Gasteiger partial charge in [0.2, 0.25) is 5.91 Å². The van der Waals surface area contributed by atoms with Crippen molar-refractivity contribution in [3.05, 3.63) is 71.9 Å². The van der Waals surface area contributed by atoms with Gasteiger partial charge in [-0.05, 0) is 23.9 Å². The Kier molecular flexibility index (Phi) is 5.87. The molecule has 30 heavy (non-hydrogen) atoms. The van der Waals surface area contributed by atoms with Crippen LogP contribution in [0.3, 0.4) is 0 Å². The number of benzene rings is 2. The summed E-state index contributed by atoms with van der Waals surface area (Å²) in [6.45, 7) is 0. The fraction of sp³-hybridized carbons (Fsp3) is 0.136. The van der Waals surface area contributed by atoms with E-state index in [0.29, 0.717) is 10.6 Å². The summed E-state index contributed by atoms with van der Waals surface area (Å²) >= 11 is 2.60. The number of aromatic nitrogens is 2. The SMILES string of the molecule is CN(C)C(=O)Sc1ccccc1NC(=O)Cc1csc2nc(-c3ccccc3)cn12. The number of hydrogen-bond acceptors (Lipinski definition) is 5. The van der Waals surface area contributed by atoms with Crippen molar-refractivity contribution in [2.75, 3.05) is 19.4 Å². The van der Waals surface area contributed by atoms with Crippen molar-refractivity contribution in [1.82, 2.24) is 14.3 Å². The predicted molar refractivity (Wildman–Crippen MR) is 122 cm³/mol. The molecule has 2 amide bonds. The molecular weight excluding hydrogens is 416 g/mol. The van der Waals surface area contributed by atoms with Crippen LogP contribution in [0.15, 0.2) is 71.1 Å². The van der Waals surface area contributed by atoms with Crippen molar-refractivity contribution in [3.8, 4) is 11.3 Å². The van der Waals surface area contributed by atoms with Crippen LogP contribution < -0.4 is 5.32 Å². The molecule has 2 aromatic heterocycles. The number of amides is 2. The molecular formula is C22H20N4O2S2. The zero-order chi connectivity index (χ0) is 21.1. The number of fused-ring (bicyclic) bond motifs is 1. The lowest BCUT2D eigenvalue weighted by Gasteiger charge is -2.13. The predicted octanol–water partition coefficient (Wildman–Crippen LogP) is 5.02. The van der Waals surface area contributed by atoms with Crippen molar-refractivity contribution in [3.63, 3.8) is 0 Å². The molecule has 0 aliphatic carbocycles. The van der Waals surface area contributed by atoms with Crippen LogP contribution in [0.1, 0.15) is 5.69 Å². The summed E-state index contributed by atoms with van der Waals surface area (Å²) in [4.78, 5) is 32.5. The van der Waals surface area contributed by atoms with Gasteiger partial charge >= 0.3 is 0 Å². The first kappa shape index (κ1) is 20.2. The molecule has 0 unspecified atom stereocenters. The molecule has 8 heteroatoms. The van der Waals surface area contributed by atoms with Gasteiger partial charge in [-0.3, -0.25) is 14.0 Å². The zero-order valence-electron chi connectivity index (χ0n) is 16.5. The van der Waals surface area contributed by atoms with Crippen molar-refractivity contribution in [1.29, 1.82) is 0 Å². The molecule has 0 saturated heterocycles. The summed E-state index contributed by atoms with van der Waals surface area (Å²) in [7, 11) is 3.40. The van der Waals surface area contributed by atoms with E-state index in [0.717, 1.165) is 33.7 Å². The van der Waals surface area contributed by atoms with E-state index in [-0.39, 0.29) is 17.6 Å². The summed E-state index contributed by atoms with van der Waals surface area (Å²) in [5.74, 6) is -0.144. The van der Waals surface area contributed by atoms with Crippen LogP contribution in [0.2, 0.25) is 0 Å². The van der Waals surface area contributed by atoms with E-state index in [9.17, 15) is 9.59 Å². The maximum atomic E-state index is 12.7. The van der Waals surface area contributed by atoms with E-state index in [1.54, 1.807) is 20.2 Å². The summed E-state index contributed by atoms with van der Waals surface area (Å²) in [6.07, 6.45) is 2.18. The molecule has 0 aliphatic rings. The van der Waals surface area contributed by atoms with Gasteiger partial charge in [0.05, 0.1) is 17.8 Å². The van der Waals surface area contributed by atoms with Crippen LogP contribution in [-0.2, 0) is 11.2 Å². The summed E-state index contributed by atoms with van der Waals surface area (Å²) in [5, 5.41) is 4.79. The van der Waals surface area contributed by atoms with Gasteiger partial charge in [0.25, 0.3) is 5.24 Å². The van der Waals surface area contributed by atoms with Crippen molar-refractivity contribution >= 4 is 44.9 Å². The number of imidazole rings is 1. The van der Waals surface area contributed by atoms with Gasteiger partial charge < -0.3 is 10.2 Å². The fourth-order valence-corrected chi connectivity index (χ4v) is 4.53. The number of rotatable bonds is 5. The van der Waals surface area contributed by atoms with Crippen molar-refractivity contribution in [2.24, 2.45) is 0 Å². The van der Waals surface area contributed by atoms with Gasteiger partial charge in [-0.25, -0.2) is 4.98 Å². The van der Waals surface area contributed by atoms with E-state index in [2.05, 4.69) is 10.3 Å². The third kappa shape index (κ3) is 4.39. The number of para-hydroxylation sites is 1. The number of carbonyl (C=O) groups is 2. The van der Waals surface area contributed by atoms with Gasteiger partial charge in [0.15, 0.2) is 4.96 Å². The molecule has 4 rings (SSSR count). The highest BCUT2D eigenvalue weighted by Crippen LogP contribution is 2.29. The van der Waals surface area contributed by atoms with Gasteiger partial charge in [-0.15, -0.1) is 11.3 Å². The second kappa shape index (κ2) is 8.73. The van der Waals surface area contributed by atoms with Crippen LogP contribution in [0.5, 0.6) is 0 Å². The molecule has 0 radical (unpaired) electrons. The van der Waals surface area contributed by atoms with E-state index in [4.69, 9.17) is 0 Å². The van der Waals surface area contributed by atoms with E-state index < -0.39 is 0 Å². The van der Waals surface area contributed by atoms with Crippen molar-refractivity contribution < 1.29 is 9.59 Å². The molecule has 0 aliphatic heterocycles. The van der Waals surface area contributed by atoms with Crippen molar-refractivity contribution in [2.45, 2.75) is 11.3 Å². The summed E-state index contributed by atoms with van der Waals surface area (Å²) in [5.41, 5.74) is 3.43. The number of thioether (sulfide) groups is 1. The lowest BCUT2D eigenvalue weighted by Crippen LogP contribution is -2.18. The second-order valence-corrected chi connectivity index (χ2v) is 8.69. The molecule has 0 spiro atoms. The first-order valence-corrected chi connectivity index (χ1v) is 11.0. The molecule has 0 saturated carbocycles. The van der Waals surface area contributed by atoms with Crippen LogP contribution in [0.4, 0.5) is 10.5 Å². The minimum Gasteiger partial charge on any atom is -0.339 e. The lowest BCUT2D eigenvalue weighted by atomic mass is 10.2. The minimum atomic E-state index is -0.144. The second-order valence-electron chi connectivity index (χ2n) is 6.86. The molecule has 152 valence electrons.